The lowest BCUT2D eigenvalue weighted by Gasteiger charge is -2.21. The lowest BCUT2D eigenvalue weighted by atomic mass is 10.2. The van der Waals surface area contributed by atoms with Gasteiger partial charge in [0, 0.05) is 24.3 Å². The molecule has 0 fully saturated rings. The summed E-state index contributed by atoms with van der Waals surface area (Å²) in [5.41, 5.74) is 8.03. The summed E-state index contributed by atoms with van der Waals surface area (Å²) < 4.78 is 21.3. The number of sulfone groups is 1. The summed E-state index contributed by atoms with van der Waals surface area (Å²) in [6.45, 7) is 3.50. The summed E-state index contributed by atoms with van der Waals surface area (Å²) in [7, 11) is -3.43. The molecule has 0 rings (SSSR count). The zero-order valence-corrected chi connectivity index (χ0v) is 11.1. The number of azide groups is 1. The quantitative estimate of drug-likeness (QED) is 0.320. The molecule has 0 aliphatic carbocycles. The molecule has 0 aliphatic rings. The van der Waals surface area contributed by atoms with E-state index in [4.69, 9.17) is 5.53 Å². The van der Waals surface area contributed by atoms with Crippen LogP contribution in [0, 0.1) is 0 Å². The number of carbonyl (C=O) groups excluding carboxylic acids is 1. The normalized spacial score (nSPS) is 11.7. The summed E-state index contributed by atoms with van der Waals surface area (Å²) in [6, 6.07) is 0. The first kappa shape index (κ1) is 15.7. The van der Waals surface area contributed by atoms with E-state index in [-0.39, 0.29) is 0 Å². The second-order valence-electron chi connectivity index (χ2n) is 4.20. The SMILES string of the molecule is CC(C)(C(=O)NCCCCN=[N+]=[N-])S(C)(=O)=O. The van der Waals surface area contributed by atoms with Crippen LogP contribution in [0.15, 0.2) is 5.11 Å². The van der Waals surface area contributed by atoms with Crippen LogP contribution < -0.4 is 5.32 Å². The molecule has 0 bridgehead atoms. The minimum absolute atomic E-state index is 0.374. The fourth-order valence-electron chi connectivity index (χ4n) is 0.935. The fraction of sp³-hybridized carbons (Fsp3) is 0.889. The molecular weight excluding hydrogens is 244 g/mol. The Kier molecular flexibility index (Phi) is 5.98. The monoisotopic (exact) mass is 262 g/mol. The van der Waals surface area contributed by atoms with Gasteiger partial charge in [0.2, 0.25) is 5.91 Å². The maximum absolute atomic E-state index is 11.6. The zero-order chi connectivity index (χ0) is 13.5. The van der Waals surface area contributed by atoms with Gasteiger partial charge in [-0.25, -0.2) is 8.42 Å². The van der Waals surface area contributed by atoms with Crippen LogP contribution in [-0.2, 0) is 14.6 Å². The van der Waals surface area contributed by atoms with E-state index in [9.17, 15) is 13.2 Å². The maximum atomic E-state index is 11.6. The first-order valence-electron chi connectivity index (χ1n) is 5.22. The predicted octanol–water partition coefficient (Wildman–Crippen LogP) is 1.02. The van der Waals surface area contributed by atoms with Gasteiger partial charge in [-0.15, -0.1) is 0 Å². The Morgan fingerprint density at radius 3 is 2.47 bits per heavy atom. The van der Waals surface area contributed by atoms with E-state index in [1.54, 1.807) is 0 Å². The van der Waals surface area contributed by atoms with Gasteiger partial charge in [0.15, 0.2) is 9.84 Å². The second-order valence-corrected chi connectivity index (χ2v) is 6.76. The summed E-state index contributed by atoms with van der Waals surface area (Å²) >= 11 is 0. The second kappa shape index (κ2) is 6.46. The van der Waals surface area contributed by atoms with Gasteiger partial charge in [-0.1, -0.05) is 5.11 Å². The summed E-state index contributed by atoms with van der Waals surface area (Å²) in [6.07, 6.45) is 2.34. The van der Waals surface area contributed by atoms with Crippen molar-refractivity contribution < 1.29 is 13.2 Å². The van der Waals surface area contributed by atoms with E-state index in [0.29, 0.717) is 25.9 Å². The molecule has 0 radical (unpaired) electrons. The average Bonchev–Trinajstić information content (AvgIpc) is 2.21. The van der Waals surface area contributed by atoms with Crippen LogP contribution in [0.3, 0.4) is 0 Å². The van der Waals surface area contributed by atoms with Crippen molar-refractivity contribution in [3.8, 4) is 0 Å². The number of unbranched alkanes of at least 4 members (excludes halogenated alkanes) is 1. The van der Waals surface area contributed by atoms with Crippen molar-refractivity contribution in [2.75, 3.05) is 19.3 Å². The molecule has 1 amide bonds. The van der Waals surface area contributed by atoms with E-state index in [0.717, 1.165) is 6.26 Å². The smallest absolute Gasteiger partial charge is 0.240 e. The number of hydrogen-bond donors (Lipinski definition) is 1. The zero-order valence-electron chi connectivity index (χ0n) is 10.3. The number of hydrogen-bond acceptors (Lipinski definition) is 4. The van der Waals surface area contributed by atoms with E-state index < -0.39 is 20.5 Å². The van der Waals surface area contributed by atoms with E-state index in [1.165, 1.54) is 13.8 Å². The van der Waals surface area contributed by atoms with Gasteiger partial charge in [0.1, 0.15) is 4.75 Å². The molecule has 98 valence electrons. The molecule has 8 heteroatoms. The molecule has 0 aromatic heterocycles. The molecule has 7 nitrogen and oxygen atoms in total. The van der Waals surface area contributed by atoms with Crippen LogP contribution in [0.1, 0.15) is 26.7 Å². The molecule has 0 aliphatic heterocycles. The molecule has 0 saturated carbocycles. The summed E-state index contributed by atoms with van der Waals surface area (Å²) in [4.78, 5) is 14.2. The molecule has 0 unspecified atom stereocenters. The Bertz CT molecular complexity index is 410. The van der Waals surface area contributed by atoms with Crippen LogP contribution >= 0.6 is 0 Å². The number of rotatable bonds is 7. The Balaban J connectivity index is 4.07. The molecule has 0 atom stereocenters. The Labute approximate surface area is 101 Å². The van der Waals surface area contributed by atoms with Crippen LogP contribution in [0.2, 0.25) is 0 Å². The number of nitrogens with zero attached hydrogens (tertiary/aromatic N) is 3. The van der Waals surface area contributed by atoms with Gasteiger partial charge in [0.05, 0.1) is 0 Å². The Hall–Kier alpha value is -1.27. The molecule has 0 saturated heterocycles. The highest BCUT2D eigenvalue weighted by atomic mass is 32.2. The third kappa shape index (κ3) is 5.06. The molecular formula is C9H18N4O3S. The maximum Gasteiger partial charge on any atom is 0.240 e. The number of nitrogens with one attached hydrogen (secondary N) is 1. The van der Waals surface area contributed by atoms with Gasteiger partial charge in [-0.2, -0.15) is 0 Å². The average molecular weight is 262 g/mol. The minimum atomic E-state index is -3.43. The van der Waals surface area contributed by atoms with Gasteiger partial charge >= 0.3 is 0 Å². The molecule has 17 heavy (non-hydrogen) atoms. The molecule has 0 heterocycles. The van der Waals surface area contributed by atoms with Gasteiger partial charge in [0.25, 0.3) is 0 Å². The third-order valence-corrected chi connectivity index (χ3v) is 4.55. The lowest BCUT2D eigenvalue weighted by molar-refractivity contribution is -0.122. The Morgan fingerprint density at radius 1 is 1.41 bits per heavy atom. The van der Waals surface area contributed by atoms with Crippen molar-refractivity contribution in [2.24, 2.45) is 5.11 Å². The lowest BCUT2D eigenvalue weighted by Crippen LogP contribution is -2.47. The highest BCUT2D eigenvalue weighted by Crippen LogP contribution is 2.14. The van der Waals surface area contributed by atoms with E-state index in [2.05, 4.69) is 15.3 Å². The highest BCUT2D eigenvalue weighted by molar-refractivity contribution is 7.92. The van der Waals surface area contributed by atoms with Crippen molar-refractivity contribution in [3.63, 3.8) is 0 Å². The standard InChI is InChI=1S/C9H18N4O3S/c1-9(2,17(3,15)16)8(14)11-6-4-5-7-12-13-10/h4-7H2,1-3H3,(H,11,14). The molecule has 0 spiro atoms. The van der Waals surface area contributed by atoms with E-state index in [1.807, 2.05) is 0 Å². The van der Waals surface area contributed by atoms with Crippen LogP contribution in [0.5, 0.6) is 0 Å². The van der Waals surface area contributed by atoms with Crippen molar-refractivity contribution >= 4 is 15.7 Å². The van der Waals surface area contributed by atoms with Crippen LogP contribution in [0.25, 0.3) is 10.4 Å². The largest absolute Gasteiger partial charge is 0.355 e. The van der Waals surface area contributed by atoms with Crippen molar-refractivity contribution in [2.45, 2.75) is 31.4 Å². The van der Waals surface area contributed by atoms with Crippen LogP contribution in [0.4, 0.5) is 0 Å². The molecule has 0 aromatic rings. The number of carbonyl (C=O) groups is 1. The van der Waals surface area contributed by atoms with E-state index >= 15 is 0 Å². The molecule has 0 aromatic carbocycles. The first-order chi connectivity index (χ1) is 7.73. The Morgan fingerprint density at radius 2 is 2.00 bits per heavy atom. The summed E-state index contributed by atoms with van der Waals surface area (Å²) in [5.74, 6) is -0.510. The predicted molar refractivity (Wildman–Crippen MR) is 65.2 cm³/mol. The van der Waals surface area contributed by atoms with Crippen molar-refractivity contribution in [1.82, 2.24) is 5.32 Å². The fourth-order valence-corrected chi connectivity index (χ4v) is 1.34. The first-order valence-corrected chi connectivity index (χ1v) is 7.11. The summed E-state index contributed by atoms with van der Waals surface area (Å²) in [5, 5.41) is 5.90. The van der Waals surface area contributed by atoms with Crippen molar-refractivity contribution in [3.05, 3.63) is 10.4 Å². The van der Waals surface area contributed by atoms with Gasteiger partial charge in [-0.3, -0.25) is 4.79 Å². The van der Waals surface area contributed by atoms with Crippen molar-refractivity contribution in [1.29, 1.82) is 0 Å². The topological polar surface area (TPSA) is 112 Å². The third-order valence-electron chi connectivity index (χ3n) is 2.51. The number of amides is 1. The van der Waals surface area contributed by atoms with Gasteiger partial charge in [-0.05, 0) is 32.2 Å². The highest BCUT2D eigenvalue weighted by Gasteiger charge is 2.37. The van der Waals surface area contributed by atoms with Gasteiger partial charge < -0.3 is 5.32 Å². The van der Waals surface area contributed by atoms with Crippen LogP contribution in [-0.4, -0.2) is 38.4 Å². The minimum Gasteiger partial charge on any atom is -0.355 e. The molecule has 1 N–H and O–H groups in total.